The Hall–Kier alpha value is -1.06. The fourth-order valence-electron chi connectivity index (χ4n) is 1.35. The molecule has 2 nitrogen and oxygen atoms in total. The number of nitrogens with one attached hydrogen (secondary N) is 1. The van der Waals surface area contributed by atoms with Gasteiger partial charge in [0.25, 0.3) is 0 Å². The van der Waals surface area contributed by atoms with Gasteiger partial charge in [0.15, 0.2) is 0 Å². The van der Waals surface area contributed by atoms with E-state index in [1.807, 2.05) is 36.4 Å². The molecular weight excluding hydrogens is 288 g/mol. The van der Waals surface area contributed by atoms with Crippen molar-refractivity contribution in [1.29, 1.82) is 0 Å². The van der Waals surface area contributed by atoms with Crippen LogP contribution in [-0.2, 0) is 6.54 Å². The van der Waals surface area contributed by atoms with Gasteiger partial charge in [0, 0.05) is 17.8 Å². The van der Waals surface area contributed by atoms with Crippen molar-refractivity contribution in [2.45, 2.75) is 6.54 Å². The van der Waals surface area contributed by atoms with Crippen LogP contribution in [0.25, 0.3) is 0 Å². The third-order valence-corrected chi connectivity index (χ3v) is 2.98. The van der Waals surface area contributed by atoms with Crippen LogP contribution in [0.4, 0.5) is 5.82 Å². The Morgan fingerprint density at radius 3 is 2.88 bits per heavy atom. The second-order valence-corrected chi connectivity index (χ2v) is 4.61. The van der Waals surface area contributed by atoms with Crippen molar-refractivity contribution < 1.29 is 0 Å². The highest BCUT2D eigenvalue weighted by Gasteiger charge is 1.99. The Labute approximate surface area is 108 Å². The van der Waals surface area contributed by atoms with Gasteiger partial charge in [0.05, 0.1) is 4.47 Å². The number of benzene rings is 1. The fourth-order valence-corrected chi connectivity index (χ4v) is 1.96. The molecule has 0 saturated heterocycles. The Balaban J connectivity index is 2.05. The lowest BCUT2D eigenvalue weighted by molar-refractivity contribution is 1.11. The van der Waals surface area contributed by atoms with E-state index in [2.05, 4.69) is 26.2 Å². The number of hydrogen-bond donors (Lipinski definition) is 1. The number of aromatic nitrogens is 1. The molecule has 0 saturated carbocycles. The highest BCUT2D eigenvalue weighted by molar-refractivity contribution is 9.10. The summed E-state index contributed by atoms with van der Waals surface area (Å²) < 4.78 is 0.956. The lowest BCUT2D eigenvalue weighted by atomic mass is 10.2. The van der Waals surface area contributed by atoms with E-state index in [1.165, 1.54) is 0 Å². The Morgan fingerprint density at radius 2 is 2.12 bits per heavy atom. The Kier molecular flexibility index (Phi) is 3.80. The van der Waals surface area contributed by atoms with Crippen molar-refractivity contribution in [3.8, 4) is 0 Å². The average Bonchev–Trinajstić information content (AvgIpc) is 2.28. The van der Waals surface area contributed by atoms with Crippen molar-refractivity contribution in [1.82, 2.24) is 4.98 Å². The molecule has 0 aliphatic rings. The summed E-state index contributed by atoms with van der Waals surface area (Å²) in [5, 5.41) is 3.99. The first-order chi connectivity index (χ1) is 7.75. The molecule has 0 spiro atoms. The molecule has 0 fully saturated rings. The van der Waals surface area contributed by atoms with Crippen molar-refractivity contribution in [2.75, 3.05) is 5.32 Å². The maximum atomic E-state index is 5.91. The SMILES string of the molecule is Clc1cccc(CNc2ncccc2Br)c1. The summed E-state index contributed by atoms with van der Waals surface area (Å²) in [5.74, 6) is 0.836. The molecule has 0 unspecified atom stereocenters. The molecule has 0 atom stereocenters. The van der Waals surface area contributed by atoms with Gasteiger partial charge >= 0.3 is 0 Å². The Bertz CT molecular complexity index is 488. The monoisotopic (exact) mass is 296 g/mol. The summed E-state index contributed by atoms with van der Waals surface area (Å²) in [7, 11) is 0. The second kappa shape index (κ2) is 5.32. The molecule has 1 N–H and O–H groups in total. The zero-order chi connectivity index (χ0) is 11.4. The van der Waals surface area contributed by atoms with Crippen LogP contribution in [0.2, 0.25) is 5.02 Å². The quantitative estimate of drug-likeness (QED) is 0.922. The van der Waals surface area contributed by atoms with Crippen LogP contribution >= 0.6 is 27.5 Å². The first-order valence-electron chi connectivity index (χ1n) is 4.84. The highest BCUT2D eigenvalue weighted by atomic mass is 79.9. The van der Waals surface area contributed by atoms with Gasteiger partial charge in [0.1, 0.15) is 5.82 Å². The van der Waals surface area contributed by atoms with Gasteiger partial charge in [-0.3, -0.25) is 0 Å². The van der Waals surface area contributed by atoms with Crippen LogP contribution in [0.15, 0.2) is 47.1 Å². The van der Waals surface area contributed by atoms with E-state index in [4.69, 9.17) is 11.6 Å². The average molecular weight is 298 g/mol. The van der Waals surface area contributed by atoms with Crippen molar-refractivity contribution in [2.24, 2.45) is 0 Å². The van der Waals surface area contributed by atoms with Crippen LogP contribution in [0, 0.1) is 0 Å². The summed E-state index contributed by atoms with van der Waals surface area (Å²) >= 11 is 9.34. The van der Waals surface area contributed by atoms with E-state index >= 15 is 0 Å². The largest absolute Gasteiger partial charge is 0.365 e. The molecule has 0 aliphatic heterocycles. The van der Waals surface area contributed by atoms with Crippen LogP contribution in [0.1, 0.15) is 5.56 Å². The first-order valence-corrected chi connectivity index (χ1v) is 6.01. The van der Waals surface area contributed by atoms with Gasteiger partial charge in [-0.15, -0.1) is 0 Å². The number of hydrogen-bond acceptors (Lipinski definition) is 2. The molecule has 82 valence electrons. The molecular formula is C12H10BrClN2. The maximum absolute atomic E-state index is 5.91. The first kappa shape index (κ1) is 11.4. The zero-order valence-electron chi connectivity index (χ0n) is 8.45. The van der Waals surface area contributed by atoms with Crippen molar-refractivity contribution in [3.05, 3.63) is 57.7 Å². The third-order valence-electron chi connectivity index (χ3n) is 2.11. The molecule has 2 aromatic rings. The molecule has 0 amide bonds. The van der Waals surface area contributed by atoms with E-state index in [9.17, 15) is 0 Å². The van der Waals surface area contributed by atoms with E-state index in [1.54, 1.807) is 6.20 Å². The summed E-state index contributed by atoms with van der Waals surface area (Å²) in [5.41, 5.74) is 1.13. The summed E-state index contributed by atoms with van der Waals surface area (Å²) in [6.07, 6.45) is 1.76. The third kappa shape index (κ3) is 2.97. The highest BCUT2D eigenvalue weighted by Crippen LogP contribution is 2.19. The number of nitrogens with zero attached hydrogens (tertiary/aromatic N) is 1. The molecule has 0 aliphatic carbocycles. The standard InChI is InChI=1S/C12H10BrClN2/c13-11-5-2-6-15-12(11)16-8-9-3-1-4-10(14)7-9/h1-7H,8H2,(H,15,16). The second-order valence-electron chi connectivity index (χ2n) is 3.32. The minimum Gasteiger partial charge on any atom is -0.365 e. The van der Waals surface area contributed by atoms with E-state index in [-0.39, 0.29) is 0 Å². The Morgan fingerprint density at radius 1 is 1.25 bits per heavy atom. The molecule has 16 heavy (non-hydrogen) atoms. The van der Waals surface area contributed by atoms with E-state index < -0.39 is 0 Å². The van der Waals surface area contributed by atoms with Gasteiger partial charge in [-0.2, -0.15) is 0 Å². The summed E-state index contributed by atoms with van der Waals surface area (Å²) in [6.45, 7) is 0.705. The minimum atomic E-state index is 0.705. The lowest BCUT2D eigenvalue weighted by Gasteiger charge is -2.07. The molecule has 2 rings (SSSR count). The normalized spacial score (nSPS) is 10.1. The number of halogens is 2. The summed E-state index contributed by atoms with van der Waals surface area (Å²) in [6, 6.07) is 11.6. The van der Waals surface area contributed by atoms with Gasteiger partial charge in [-0.1, -0.05) is 23.7 Å². The smallest absolute Gasteiger partial charge is 0.140 e. The zero-order valence-corrected chi connectivity index (χ0v) is 10.8. The predicted molar refractivity (Wildman–Crippen MR) is 70.7 cm³/mol. The lowest BCUT2D eigenvalue weighted by Crippen LogP contribution is -2.01. The van der Waals surface area contributed by atoms with Crippen molar-refractivity contribution >= 4 is 33.3 Å². The molecule has 1 aromatic heterocycles. The van der Waals surface area contributed by atoms with Gasteiger partial charge in [-0.05, 0) is 45.8 Å². The summed E-state index contributed by atoms with van der Waals surface area (Å²) in [4.78, 5) is 4.22. The van der Waals surface area contributed by atoms with Gasteiger partial charge in [0.2, 0.25) is 0 Å². The fraction of sp³-hybridized carbons (Fsp3) is 0.0833. The van der Waals surface area contributed by atoms with Gasteiger partial charge < -0.3 is 5.32 Å². The van der Waals surface area contributed by atoms with Gasteiger partial charge in [-0.25, -0.2) is 4.98 Å². The minimum absolute atomic E-state index is 0.705. The van der Waals surface area contributed by atoms with Crippen LogP contribution < -0.4 is 5.32 Å². The molecule has 0 bridgehead atoms. The predicted octanol–water partition coefficient (Wildman–Crippen LogP) is 4.11. The number of rotatable bonds is 3. The van der Waals surface area contributed by atoms with Crippen LogP contribution in [0.3, 0.4) is 0 Å². The number of pyridine rings is 1. The van der Waals surface area contributed by atoms with E-state index in [0.29, 0.717) is 6.54 Å². The van der Waals surface area contributed by atoms with Crippen LogP contribution in [-0.4, -0.2) is 4.98 Å². The molecule has 0 radical (unpaired) electrons. The number of anilines is 1. The molecule has 1 aromatic carbocycles. The van der Waals surface area contributed by atoms with E-state index in [0.717, 1.165) is 20.9 Å². The maximum Gasteiger partial charge on any atom is 0.140 e. The molecule has 1 heterocycles. The molecule has 4 heteroatoms. The van der Waals surface area contributed by atoms with Crippen LogP contribution in [0.5, 0.6) is 0 Å². The van der Waals surface area contributed by atoms with Crippen molar-refractivity contribution in [3.63, 3.8) is 0 Å². The topological polar surface area (TPSA) is 24.9 Å².